The Labute approximate surface area is 110 Å². The van der Waals surface area contributed by atoms with Gasteiger partial charge in [-0.2, -0.15) is 11.8 Å². The van der Waals surface area contributed by atoms with E-state index in [0.29, 0.717) is 18.3 Å². The summed E-state index contributed by atoms with van der Waals surface area (Å²) >= 11 is 3.38. The highest BCUT2D eigenvalue weighted by Gasteiger charge is 2.29. The van der Waals surface area contributed by atoms with Crippen LogP contribution in [0.4, 0.5) is 0 Å². The van der Waals surface area contributed by atoms with E-state index in [1.54, 1.807) is 23.1 Å². The van der Waals surface area contributed by atoms with Gasteiger partial charge in [-0.15, -0.1) is 11.3 Å². The van der Waals surface area contributed by atoms with Gasteiger partial charge < -0.3 is 10.6 Å². The van der Waals surface area contributed by atoms with Crippen molar-refractivity contribution in [3.8, 4) is 0 Å². The molecule has 1 atom stereocenters. The number of thioether (sulfide) groups is 1. The first-order valence-corrected chi connectivity index (χ1v) is 7.97. The maximum atomic E-state index is 12.1. The van der Waals surface area contributed by atoms with E-state index in [2.05, 4.69) is 17.5 Å². The van der Waals surface area contributed by atoms with Gasteiger partial charge in [0.25, 0.3) is 0 Å². The number of nitrogens with zero attached hydrogens (tertiary/aromatic N) is 1. The molecule has 3 nitrogen and oxygen atoms in total. The number of hydrogen-bond acceptors (Lipinski definition) is 4. The average molecular weight is 270 g/mol. The molecule has 1 aromatic heterocycles. The van der Waals surface area contributed by atoms with Crippen LogP contribution in [0.3, 0.4) is 0 Å². The van der Waals surface area contributed by atoms with Crippen molar-refractivity contribution in [2.75, 3.05) is 24.6 Å². The third-order valence-corrected chi connectivity index (χ3v) is 4.88. The van der Waals surface area contributed by atoms with Crippen molar-refractivity contribution in [2.24, 2.45) is 5.73 Å². The summed E-state index contributed by atoms with van der Waals surface area (Å²) in [7, 11) is 0. The standard InChI is InChI=1S/C12H18N2OS2/c13-5-8-16-9-12(15)14-6-1-3-10(14)11-4-2-7-17-11/h2,4,7,10H,1,3,5-6,8-9,13H2. The molecule has 5 heteroatoms. The van der Waals surface area contributed by atoms with E-state index in [0.717, 1.165) is 25.1 Å². The molecule has 1 aromatic rings. The van der Waals surface area contributed by atoms with E-state index >= 15 is 0 Å². The molecular weight excluding hydrogens is 252 g/mol. The zero-order valence-corrected chi connectivity index (χ0v) is 11.4. The zero-order chi connectivity index (χ0) is 12.1. The highest BCUT2D eigenvalue weighted by atomic mass is 32.2. The molecule has 0 radical (unpaired) electrons. The lowest BCUT2D eigenvalue weighted by atomic mass is 10.2. The normalized spacial score (nSPS) is 19.8. The molecule has 2 N–H and O–H groups in total. The topological polar surface area (TPSA) is 46.3 Å². The first kappa shape index (κ1) is 12.9. The predicted molar refractivity (Wildman–Crippen MR) is 74.4 cm³/mol. The fourth-order valence-corrected chi connectivity index (χ4v) is 3.69. The Morgan fingerprint density at radius 1 is 1.65 bits per heavy atom. The summed E-state index contributed by atoms with van der Waals surface area (Å²) in [5, 5.41) is 2.08. The van der Waals surface area contributed by atoms with Crippen LogP contribution in [0.5, 0.6) is 0 Å². The number of carbonyl (C=O) groups excluding carboxylic acids is 1. The second-order valence-corrected chi connectivity index (χ2v) is 6.19. The molecule has 0 aliphatic carbocycles. The van der Waals surface area contributed by atoms with Gasteiger partial charge in [-0.05, 0) is 24.3 Å². The summed E-state index contributed by atoms with van der Waals surface area (Å²) < 4.78 is 0. The van der Waals surface area contributed by atoms with Crippen LogP contribution in [0.1, 0.15) is 23.8 Å². The summed E-state index contributed by atoms with van der Waals surface area (Å²) in [4.78, 5) is 15.5. The zero-order valence-electron chi connectivity index (χ0n) is 9.80. The lowest BCUT2D eigenvalue weighted by Gasteiger charge is -2.23. The molecule has 94 valence electrons. The fourth-order valence-electron chi connectivity index (χ4n) is 2.17. The number of nitrogens with two attached hydrogens (primary N) is 1. The lowest BCUT2D eigenvalue weighted by Crippen LogP contribution is -2.31. The smallest absolute Gasteiger partial charge is 0.233 e. The number of amides is 1. The van der Waals surface area contributed by atoms with E-state index in [1.807, 2.05) is 4.90 Å². The molecule has 0 spiro atoms. The molecule has 17 heavy (non-hydrogen) atoms. The van der Waals surface area contributed by atoms with E-state index < -0.39 is 0 Å². The first-order valence-electron chi connectivity index (χ1n) is 5.93. The van der Waals surface area contributed by atoms with Gasteiger partial charge in [0.2, 0.25) is 5.91 Å². The Morgan fingerprint density at radius 2 is 2.53 bits per heavy atom. The Hall–Kier alpha value is -0.520. The van der Waals surface area contributed by atoms with Gasteiger partial charge >= 0.3 is 0 Å². The maximum absolute atomic E-state index is 12.1. The summed E-state index contributed by atoms with van der Waals surface area (Å²) in [6, 6.07) is 4.51. The highest BCUT2D eigenvalue weighted by Crippen LogP contribution is 2.34. The van der Waals surface area contributed by atoms with Crippen LogP contribution in [-0.4, -0.2) is 35.4 Å². The summed E-state index contributed by atoms with van der Waals surface area (Å²) in [5.41, 5.74) is 5.43. The monoisotopic (exact) mass is 270 g/mol. The predicted octanol–water partition coefficient (Wildman–Crippen LogP) is 2.10. The maximum Gasteiger partial charge on any atom is 0.233 e. The van der Waals surface area contributed by atoms with Crippen LogP contribution < -0.4 is 5.73 Å². The third-order valence-electron chi connectivity index (χ3n) is 2.93. The Balaban J connectivity index is 1.93. The first-order chi connectivity index (χ1) is 8.33. The van der Waals surface area contributed by atoms with E-state index in [9.17, 15) is 4.79 Å². The van der Waals surface area contributed by atoms with E-state index in [-0.39, 0.29) is 5.91 Å². The van der Waals surface area contributed by atoms with Gasteiger partial charge in [0.1, 0.15) is 0 Å². The quantitative estimate of drug-likeness (QED) is 0.834. The van der Waals surface area contributed by atoms with Crippen LogP contribution in [0.25, 0.3) is 0 Å². The number of hydrogen-bond donors (Lipinski definition) is 1. The summed E-state index contributed by atoms with van der Waals surface area (Å²) in [6.45, 7) is 1.55. The van der Waals surface area contributed by atoms with Crippen molar-refractivity contribution >= 4 is 29.0 Å². The minimum Gasteiger partial charge on any atom is -0.334 e. The number of likely N-dealkylation sites (tertiary alicyclic amines) is 1. The highest BCUT2D eigenvalue weighted by molar-refractivity contribution is 7.99. The Kier molecular flexibility index (Phi) is 4.88. The van der Waals surface area contributed by atoms with Gasteiger partial charge in [0.15, 0.2) is 0 Å². The largest absolute Gasteiger partial charge is 0.334 e. The molecule has 2 rings (SSSR count). The van der Waals surface area contributed by atoms with Gasteiger partial charge in [-0.3, -0.25) is 4.79 Å². The van der Waals surface area contributed by atoms with Crippen LogP contribution in [0.2, 0.25) is 0 Å². The van der Waals surface area contributed by atoms with Gasteiger partial charge in [0, 0.05) is 23.7 Å². The van der Waals surface area contributed by atoms with Crippen LogP contribution >= 0.6 is 23.1 Å². The molecular formula is C12H18N2OS2. The minimum absolute atomic E-state index is 0.263. The van der Waals surface area contributed by atoms with Crippen LogP contribution in [0, 0.1) is 0 Å². The molecule has 1 aliphatic heterocycles. The molecule has 1 unspecified atom stereocenters. The van der Waals surface area contributed by atoms with Crippen molar-refractivity contribution in [3.63, 3.8) is 0 Å². The fraction of sp³-hybridized carbons (Fsp3) is 0.583. The molecule has 0 saturated carbocycles. The number of thiophene rings is 1. The SMILES string of the molecule is NCCSCC(=O)N1CCCC1c1cccs1. The van der Waals surface area contributed by atoms with Crippen LogP contribution in [0.15, 0.2) is 17.5 Å². The summed E-state index contributed by atoms with van der Waals surface area (Å²) in [6.07, 6.45) is 2.23. The minimum atomic E-state index is 0.263. The van der Waals surface area contributed by atoms with Crippen molar-refractivity contribution in [2.45, 2.75) is 18.9 Å². The number of rotatable bonds is 5. The molecule has 2 heterocycles. The molecule has 0 bridgehead atoms. The van der Waals surface area contributed by atoms with E-state index in [1.165, 1.54) is 4.88 Å². The second-order valence-electron chi connectivity index (χ2n) is 4.10. The Bertz CT molecular complexity index is 353. The molecule has 1 amide bonds. The molecule has 1 fully saturated rings. The summed E-state index contributed by atoms with van der Waals surface area (Å²) in [5.74, 6) is 1.70. The average Bonchev–Trinajstić information content (AvgIpc) is 2.99. The third kappa shape index (κ3) is 3.24. The molecule has 1 saturated heterocycles. The van der Waals surface area contributed by atoms with Gasteiger partial charge in [0.05, 0.1) is 11.8 Å². The van der Waals surface area contributed by atoms with Crippen molar-refractivity contribution in [1.82, 2.24) is 4.90 Å². The second kappa shape index (κ2) is 6.42. The Morgan fingerprint density at radius 3 is 3.24 bits per heavy atom. The van der Waals surface area contributed by atoms with Crippen LogP contribution in [-0.2, 0) is 4.79 Å². The van der Waals surface area contributed by atoms with Crippen molar-refractivity contribution < 1.29 is 4.79 Å². The van der Waals surface area contributed by atoms with Crippen molar-refractivity contribution in [3.05, 3.63) is 22.4 Å². The van der Waals surface area contributed by atoms with E-state index in [4.69, 9.17) is 5.73 Å². The molecule has 0 aromatic carbocycles. The van der Waals surface area contributed by atoms with Gasteiger partial charge in [-0.25, -0.2) is 0 Å². The lowest BCUT2D eigenvalue weighted by molar-refractivity contribution is -0.129. The van der Waals surface area contributed by atoms with Gasteiger partial charge in [-0.1, -0.05) is 6.07 Å². The molecule has 1 aliphatic rings. The van der Waals surface area contributed by atoms with Crippen molar-refractivity contribution in [1.29, 1.82) is 0 Å². The number of carbonyl (C=O) groups is 1.